The summed E-state index contributed by atoms with van der Waals surface area (Å²) in [7, 11) is 1.52. The molecule has 5 heteroatoms. The average molecular weight is 359 g/mol. The number of benzene rings is 2. The van der Waals surface area contributed by atoms with Crippen LogP contribution in [0.5, 0.6) is 0 Å². The third-order valence-electron chi connectivity index (χ3n) is 4.71. The molecule has 0 bridgehead atoms. The van der Waals surface area contributed by atoms with Gasteiger partial charge in [0, 0.05) is 24.4 Å². The fourth-order valence-corrected chi connectivity index (χ4v) is 3.39. The number of aryl methyl sites for hydroxylation is 3. The van der Waals surface area contributed by atoms with Crippen molar-refractivity contribution < 1.29 is 13.2 Å². The normalized spacial score (nSPS) is 11.9. The lowest BCUT2D eigenvalue weighted by Gasteiger charge is -2.18. The molecule has 0 N–H and O–H groups in total. The van der Waals surface area contributed by atoms with E-state index in [0.29, 0.717) is 17.5 Å². The third kappa shape index (κ3) is 3.26. The number of pyridine rings is 1. The molecule has 136 valence electrons. The van der Waals surface area contributed by atoms with Crippen LogP contribution in [0.25, 0.3) is 10.9 Å². The van der Waals surface area contributed by atoms with Crippen LogP contribution in [0.4, 0.5) is 13.2 Å². The molecule has 26 heavy (non-hydrogen) atoms. The van der Waals surface area contributed by atoms with Crippen LogP contribution >= 0.6 is 0 Å². The second-order valence-electron chi connectivity index (χ2n) is 6.59. The maximum atomic E-state index is 14.0. The van der Waals surface area contributed by atoms with E-state index in [4.69, 9.17) is 0 Å². The Morgan fingerprint density at radius 2 is 1.77 bits per heavy atom. The van der Waals surface area contributed by atoms with E-state index in [1.165, 1.54) is 11.6 Å². The highest BCUT2D eigenvalue weighted by Gasteiger charge is 2.37. The van der Waals surface area contributed by atoms with Crippen LogP contribution in [0.15, 0.2) is 47.3 Å². The highest BCUT2D eigenvalue weighted by atomic mass is 19.4. The van der Waals surface area contributed by atoms with E-state index < -0.39 is 17.3 Å². The van der Waals surface area contributed by atoms with E-state index in [0.717, 1.165) is 11.1 Å². The fourth-order valence-electron chi connectivity index (χ4n) is 3.39. The van der Waals surface area contributed by atoms with Crippen LogP contribution in [-0.2, 0) is 26.1 Å². The van der Waals surface area contributed by atoms with Crippen LogP contribution in [0.1, 0.15) is 34.7 Å². The van der Waals surface area contributed by atoms with Gasteiger partial charge in [0.25, 0.3) is 5.56 Å². The number of fused-ring (bicyclic) bond motifs is 1. The summed E-state index contributed by atoms with van der Waals surface area (Å²) < 4.78 is 43.2. The minimum atomic E-state index is -4.60. The number of aromatic nitrogens is 1. The molecule has 0 aliphatic carbocycles. The number of hydrogen-bond donors (Lipinski definition) is 0. The van der Waals surface area contributed by atoms with Gasteiger partial charge < -0.3 is 4.57 Å². The van der Waals surface area contributed by atoms with Crippen LogP contribution in [0.2, 0.25) is 0 Å². The van der Waals surface area contributed by atoms with Crippen molar-refractivity contribution in [1.82, 2.24) is 4.57 Å². The molecule has 0 saturated heterocycles. The van der Waals surface area contributed by atoms with Gasteiger partial charge in [-0.1, -0.05) is 42.8 Å². The summed E-state index contributed by atoms with van der Waals surface area (Å²) >= 11 is 0. The Labute approximate surface area is 149 Å². The molecule has 0 aliphatic heterocycles. The highest BCUT2D eigenvalue weighted by molar-refractivity contribution is 5.85. The summed E-state index contributed by atoms with van der Waals surface area (Å²) in [5, 5.41) is 0.0848. The molecule has 0 spiro atoms. The fraction of sp³-hybridized carbons (Fsp3) is 0.286. The Hall–Kier alpha value is -2.56. The molecule has 2 aromatic carbocycles. The average Bonchev–Trinajstić information content (AvgIpc) is 2.58. The molecule has 0 amide bonds. The van der Waals surface area contributed by atoms with Crippen molar-refractivity contribution in [2.24, 2.45) is 7.05 Å². The Balaban J connectivity index is 2.36. The largest absolute Gasteiger partial charge is 0.417 e. The van der Waals surface area contributed by atoms with E-state index >= 15 is 0 Å². The second-order valence-corrected chi connectivity index (χ2v) is 6.59. The topological polar surface area (TPSA) is 22.0 Å². The number of nitrogens with zero attached hydrogens (tertiary/aromatic N) is 1. The quantitative estimate of drug-likeness (QED) is 0.644. The molecule has 0 saturated carbocycles. The molecule has 0 aliphatic rings. The van der Waals surface area contributed by atoms with Crippen LogP contribution < -0.4 is 5.56 Å². The first kappa shape index (κ1) is 18.2. The monoisotopic (exact) mass is 359 g/mol. The van der Waals surface area contributed by atoms with Crippen molar-refractivity contribution in [3.63, 3.8) is 0 Å². The van der Waals surface area contributed by atoms with E-state index in [-0.39, 0.29) is 17.4 Å². The van der Waals surface area contributed by atoms with Gasteiger partial charge in [0.2, 0.25) is 0 Å². The van der Waals surface area contributed by atoms with E-state index in [1.54, 1.807) is 30.3 Å². The summed E-state index contributed by atoms with van der Waals surface area (Å²) in [6, 6.07) is 12.1. The van der Waals surface area contributed by atoms with Crippen LogP contribution in [0.3, 0.4) is 0 Å². The predicted molar refractivity (Wildman–Crippen MR) is 97.6 cm³/mol. The maximum absolute atomic E-state index is 14.0. The van der Waals surface area contributed by atoms with Crippen molar-refractivity contribution in [2.45, 2.75) is 32.9 Å². The van der Waals surface area contributed by atoms with E-state index in [9.17, 15) is 18.0 Å². The third-order valence-corrected chi connectivity index (χ3v) is 4.71. The zero-order valence-electron chi connectivity index (χ0n) is 14.9. The smallest absolute Gasteiger partial charge is 0.311 e. The van der Waals surface area contributed by atoms with E-state index in [1.807, 2.05) is 26.0 Å². The van der Waals surface area contributed by atoms with Crippen molar-refractivity contribution in [3.05, 3.63) is 80.6 Å². The number of hydrogen-bond acceptors (Lipinski definition) is 1. The van der Waals surface area contributed by atoms with Crippen molar-refractivity contribution in [3.8, 4) is 0 Å². The lowest BCUT2D eigenvalue weighted by Crippen LogP contribution is -2.27. The minimum Gasteiger partial charge on any atom is -0.311 e. The first-order valence-electron chi connectivity index (χ1n) is 8.49. The van der Waals surface area contributed by atoms with Gasteiger partial charge in [-0.25, -0.2) is 0 Å². The minimum absolute atomic E-state index is 0.0461. The molecule has 0 atom stereocenters. The molecule has 1 heterocycles. The molecule has 0 radical (unpaired) electrons. The van der Waals surface area contributed by atoms with Crippen LogP contribution in [0, 0.1) is 6.92 Å². The van der Waals surface area contributed by atoms with E-state index in [2.05, 4.69) is 0 Å². The molecule has 3 rings (SSSR count). The molecule has 0 fully saturated rings. The van der Waals surface area contributed by atoms with Gasteiger partial charge in [-0.3, -0.25) is 4.79 Å². The predicted octanol–water partition coefficient (Wildman–Crippen LogP) is 5.02. The molecular formula is C21H20F3NO. The summed E-state index contributed by atoms with van der Waals surface area (Å²) in [6.07, 6.45) is -4.02. The lowest BCUT2D eigenvalue weighted by atomic mass is 9.95. The lowest BCUT2D eigenvalue weighted by molar-refractivity contribution is -0.137. The Kier molecular flexibility index (Phi) is 4.65. The maximum Gasteiger partial charge on any atom is 0.417 e. The molecular weight excluding hydrogens is 339 g/mol. The van der Waals surface area contributed by atoms with Crippen LogP contribution in [-0.4, -0.2) is 4.57 Å². The highest BCUT2D eigenvalue weighted by Crippen LogP contribution is 2.37. The Morgan fingerprint density at radius 1 is 1.04 bits per heavy atom. The first-order valence-corrected chi connectivity index (χ1v) is 8.49. The van der Waals surface area contributed by atoms with Crippen molar-refractivity contribution >= 4 is 10.9 Å². The van der Waals surface area contributed by atoms with Gasteiger partial charge in [0.15, 0.2) is 0 Å². The molecule has 3 aromatic rings. The van der Waals surface area contributed by atoms with Gasteiger partial charge in [0.05, 0.1) is 11.1 Å². The summed E-state index contributed by atoms with van der Waals surface area (Å²) in [5.74, 6) is 0. The Bertz CT molecular complexity index is 1030. The van der Waals surface area contributed by atoms with Gasteiger partial charge in [-0.15, -0.1) is 0 Å². The number of halogens is 3. The second kappa shape index (κ2) is 6.63. The van der Waals surface area contributed by atoms with Gasteiger partial charge in [-0.05, 0) is 36.6 Å². The summed E-state index contributed by atoms with van der Waals surface area (Å²) in [5.41, 5.74) is 1.13. The van der Waals surface area contributed by atoms with Gasteiger partial charge in [0.1, 0.15) is 0 Å². The molecule has 0 unspecified atom stereocenters. The summed E-state index contributed by atoms with van der Waals surface area (Å²) in [6.45, 7) is 3.77. The van der Waals surface area contributed by atoms with Gasteiger partial charge >= 0.3 is 6.18 Å². The van der Waals surface area contributed by atoms with Crippen molar-refractivity contribution in [1.29, 1.82) is 0 Å². The number of rotatable bonds is 3. The van der Waals surface area contributed by atoms with Gasteiger partial charge in [-0.2, -0.15) is 13.2 Å². The first-order chi connectivity index (χ1) is 12.2. The standard InChI is InChI=1S/C21H20F3NO/c1-4-14-8-9-18-16(11-14)19(21(22,23)24)17(20(26)25(18)3)12-15-7-5-6-13(2)10-15/h5-11H,4,12H2,1-3H3. The van der Waals surface area contributed by atoms with Crippen molar-refractivity contribution in [2.75, 3.05) is 0 Å². The zero-order chi connectivity index (χ0) is 19.1. The molecule has 2 nitrogen and oxygen atoms in total. The number of alkyl halides is 3. The molecule has 1 aromatic heterocycles. The zero-order valence-corrected chi connectivity index (χ0v) is 14.9. The summed E-state index contributed by atoms with van der Waals surface area (Å²) in [4.78, 5) is 12.8. The SMILES string of the molecule is CCc1ccc2c(c1)c(C(F)(F)F)c(Cc1cccc(C)c1)c(=O)n2C. The Morgan fingerprint density at radius 3 is 2.38 bits per heavy atom.